The SMILES string of the molecule is CCCC(C#N)C(=O)NC(C)CS(C)=O. The van der Waals surface area contributed by atoms with Crippen LogP contribution in [-0.4, -0.2) is 28.2 Å². The molecule has 86 valence electrons. The summed E-state index contributed by atoms with van der Waals surface area (Å²) in [6, 6.07) is 1.83. The lowest BCUT2D eigenvalue weighted by Crippen LogP contribution is -2.39. The van der Waals surface area contributed by atoms with E-state index >= 15 is 0 Å². The zero-order valence-corrected chi connectivity index (χ0v) is 10.3. The van der Waals surface area contributed by atoms with Crippen molar-refractivity contribution >= 4 is 16.7 Å². The molecule has 0 aliphatic heterocycles. The molecular formula is C10H18N2O2S. The van der Waals surface area contributed by atoms with Gasteiger partial charge in [0.1, 0.15) is 5.92 Å². The molecule has 0 radical (unpaired) electrons. The third-order valence-electron chi connectivity index (χ3n) is 1.92. The lowest BCUT2D eigenvalue weighted by atomic mass is 10.0. The number of hydrogen-bond acceptors (Lipinski definition) is 3. The summed E-state index contributed by atoms with van der Waals surface area (Å²) in [5.41, 5.74) is 0. The van der Waals surface area contributed by atoms with E-state index in [1.165, 1.54) is 0 Å². The topological polar surface area (TPSA) is 70.0 Å². The summed E-state index contributed by atoms with van der Waals surface area (Å²) in [6.07, 6.45) is 2.97. The Bertz CT molecular complexity index is 273. The Morgan fingerprint density at radius 1 is 1.60 bits per heavy atom. The van der Waals surface area contributed by atoms with E-state index in [0.29, 0.717) is 12.2 Å². The molecule has 0 aliphatic carbocycles. The second kappa shape index (κ2) is 7.41. The van der Waals surface area contributed by atoms with Crippen LogP contribution in [0.2, 0.25) is 0 Å². The fourth-order valence-electron chi connectivity index (χ4n) is 1.28. The number of nitrogens with zero attached hydrogens (tertiary/aromatic N) is 1. The first-order chi connectivity index (χ1) is 7.01. The monoisotopic (exact) mass is 230 g/mol. The van der Waals surface area contributed by atoms with Gasteiger partial charge >= 0.3 is 0 Å². The molecule has 0 aromatic carbocycles. The average Bonchev–Trinajstić information content (AvgIpc) is 2.12. The van der Waals surface area contributed by atoms with Crippen molar-refractivity contribution < 1.29 is 9.00 Å². The van der Waals surface area contributed by atoms with E-state index in [9.17, 15) is 9.00 Å². The van der Waals surface area contributed by atoms with Crippen molar-refractivity contribution in [1.29, 1.82) is 5.26 Å². The minimum absolute atomic E-state index is 0.143. The maximum atomic E-state index is 11.5. The Hall–Kier alpha value is -0.890. The van der Waals surface area contributed by atoms with Gasteiger partial charge in [-0.2, -0.15) is 5.26 Å². The lowest BCUT2D eigenvalue weighted by molar-refractivity contribution is -0.124. The van der Waals surface area contributed by atoms with Gasteiger partial charge in [0.15, 0.2) is 0 Å². The van der Waals surface area contributed by atoms with Crippen LogP contribution in [0.5, 0.6) is 0 Å². The van der Waals surface area contributed by atoms with Gasteiger partial charge in [-0.25, -0.2) is 0 Å². The molecule has 5 heteroatoms. The van der Waals surface area contributed by atoms with Crippen molar-refractivity contribution in [3.05, 3.63) is 0 Å². The van der Waals surface area contributed by atoms with E-state index in [1.54, 1.807) is 13.2 Å². The number of nitriles is 1. The van der Waals surface area contributed by atoms with Crippen molar-refractivity contribution in [2.75, 3.05) is 12.0 Å². The van der Waals surface area contributed by atoms with E-state index in [2.05, 4.69) is 5.32 Å². The Morgan fingerprint density at radius 3 is 2.60 bits per heavy atom. The van der Waals surface area contributed by atoms with Crippen LogP contribution < -0.4 is 5.32 Å². The Kier molecular flexibility index (Phi) is 6.97. The summed E-state index contributed by atoms with van der Waals surface area (Å²) in [5.74, 6) is -0.407. The van der Waals surface area contributed by atoms with Crippen molar-refractivity contribution in [2.45, 2.75) is 32.7 Å². The summed E-state index contributed by atoms with van der Waals surface area (Å²) < 4.78 is 10.9. The molecule has 0 saturated carbocycles. The van der Waals surface area contributed by atoms with Crippen LogP contribution in [0.15, 0.2) is 0 Å². The predicted molar refractivity (Wildman–Crippen MR) is 60.5 cm³/mol. The second-order valence-electron chi connectivity index (χ2n) is 3.62. The lowest BCUT2D eigenvalue weighted by Gasteiger charge is -2.14. The molecule has 0 bridgehead atoms. The molecule has 1 amide bonds. The molecule has 0 heterocycles. The van der Waals surface area contributed by atoms with Gasteiger partial charge in [-0.3, -0.25) is 9.00 Å². The maximum absolute atomic E-state index is 11.5. The van der Waals surface area contributed by atoms with E-state index in [1.807, 2.05) is 13.0 Å². The molecule has 0 fully saturated rings. The van der Waals surface area contributed by atoms with Gasteiger partial charge in [0.05, 0.1) is 6.07 Å². The van der Waals surface area contributed by atoms with Crippen LogP contribution in [-0.2, 0) is 15.6 Å². The number of amides is 1. The highest BCUT2D eigenvalue weighted by Gasteiger charge is 2.18. The number of hydrogen-bond donors (Lipinski definition) is 1. The van der Waals surface area contributed by atoms with Crippen LogP contribution in [0.4, 0.5) is 0 Å². The molecule has 3 atom stereocenters. The second-order valence-corrected chi connectivity index (χ2v) is 5.10. The highest BCUT2D eigenvalue weighted by molar-refractivity contribution is 7.84. The fourth-order valence-corrected chi connectivity index (χ4v) is 2.07. The maximum Gasteiger partial charge on any atom is 0.237 e. The smallest absolute Gasteiger partial charge is 0.237 e. The quantitative estimate of drug-likeness (QED) is 0.734. The van der Waals surface area contributed by atoms with Gasteiger partial charge in [-0.1, -0.05) is 13.3 Å². The van der Waals surface area contributed by atoms with Crippen LogP contribution in [0, 0.1) is 17.2 Å². The van der Waals surface area contributed by atoms with E-state index in [-0.39, 0.29) is 11.9 Å². The molecule has 0 saturated heterocycles. The van der Waals surface area contributed by atoms with Crippen LogP contribution in [0.1, 0.15) is 26.7 Å². The third kappa shape index (κ3) is 6.24. The van der Waals surface area contributed by atoms with Crippen molar-refractivity contribution in [1.82, 2.24) is 5.32 Å². The summed E-state index contributed by atoms with van der Waals surface area (Å²) >= 11 is 0. The molecule has 1 N–H and O–H groups in total. The zero-order chi connectivity index (χ0) is 11.8. The first-order valence-corrected chi connectivity index (χ1v) is 6.74. The largest absolute Gasteiger partial charge is 0.352 e. The van der Waals surface area contributed by atoms with Gasteiger partial charge in [-0.15, -0.1) is 0 Å². The van der Waals surface area contributed by atoms with Crippen LogP contribution in [0.25, 0.3) is 0 Å². The number of carbonyl (C=O) groups is 1. The molecule has 15 heavy (non-hydrogen) atoms. The Labute approximate surface area is 93.5 Å². The van der Waals surface area contributed by atoms with Crippen molar-refractivity contribution in [2.24, 2.45) is 5.92 Å². The molecule has 0 aromatic rings. The van der Waals surface area contributed by atoms with E-state index in [0.717, 1.165) is 6.42 Å². The first kappa shape index (κ1) is 14.1. The first-order valence-electron chi connectivity index (χ1n) is 5.01. The molecular weight excluding hydrogens is 212 g/mol. The summed E-state index contributed by atoms with van der Waals surface area (Å²) in [4.78, 5) is 11.5. The molecule has 0 spiro atoms. The summed E-state index contributed by atoms with van der Waals surface area (Å²) in [5, 5.41) is 11.4. The normalized spacial score (nSPS) is 16.1. The fraction of sp³-hybridized carbons (Fsp3) is 0.800. The molecule has 0 aromatic heterocycles. The van der Waals surface area contributed by atoms with Crippen LogP contribution in [0.3, 0.4) is 0 Å². The highest BCUT2D eigenvalue weighted by atomic mass is 32.2. The van der Waals surface area contributed by atoms with Gasteiger partial charge in [0.2, 0.25) is 5.91 Å². The average molecular weight is 230 g/mol. The zero-order valence-electron chi connectivity index (χ0n) is 9.45. The number of carbonyl (C=O) groups excluding carboxylic acids is 1. The minimum atomic E-state index is -0.929. The van der Waals surface area contributed by atoms with Crippen molar-refractivity contribution in [3.8, 4) is 6.07 Å². The molecule has 0 rings (SSSR count). The highest BCUT2D eigenvalue weighted by Crippen LogP contribution is 2.05. The molecule has 0 aliphatic rings. The molecule has 4 nitrogen and oxygen atoms in total. The summed E-state index contributed by atoms with van der Waals surface area (Å²) in [7, 11) is -0.929. The number of nitrogens with one attached hydrogen (secondary N) is 1. The van der Waals surface area contributed by atoms with Crippen LogP contribution >= 0.6 is 0 Å². The minimum Gasteiger partial charge on any atom is -0.352 e. The van der Waals surface area contributed by atoms with Gasteiger partial charge < -0.3 is 5.32 Å². The summed E-state index contributed by atoms with van der Waals surface area (Å²) in [6.45, 7) is 3.72. The molecule has 3 unspecified atom stereocenters. The van der Waals surface area contributed by atoms with E-state index in [4.69, 9.17) is 5.26 Å². The van der Waals surface area contributed by atoms with Gasteiger partial charge in [0, 0.05) is 28.9 Å². The van der Waals surface area contributed by atoms with Gasteiger partial charge in [0.25, 0.3) is 0 Å². The third-order valence-corrected chi connectivity index (χ3v) is 2.89. The van der Waals surface area contributed by atoms with Crippen molar-refractivity contribution in [3.63, 3.8) is 0 Å². The Balaban J connectivity index is 4.11. The van der Waals surface area contributed by atoms with Gasteiger partial charge in [-0.05, 0) is 13.3 Å². The Morgan fingerprint density at radius 2 is 2.20 bits per heavy atom. The predicted octanol–water partition coefficient (Wildman–Crippen LogP) is 0.809. The van der Waals surface area contributed by atoms with E-state index < -0.39 is 16.7 Å². The standard InChI is InChI=1S/C10H18N2O2S/c1-4-5-9(6-11)10(13)12-8(2)7-15(3)14/h8-9H,4-5,7H2,1-3H3,(H,12,13). The number of rotatable bonds is 6.